The molecule has 0 spiro atoms. The third-order valence-electron chi connectivity index (χ3n) is 14.2. The molecule has 1 aliphatic carbocycles. The average molecular weight is 1090 g/mol. The first kappa shape index (κ1) is 53.7. The molecule has 3 aromatic heterocycles. The molecule has 3 aliphatic rings. The second-order valence-corrected chi connectivity index (χ2v) is 21.0. The lowest BCUT2D eigenvalue weighted by Gasteiger charge is -2.38. The van der Waals surface area contributed by atoms with Crippen LogP contribution in [-0.2, 0) is 59.8 Å². The summed E-state index contributed by atoms with van der Waals surface area (Å²) >= 11 is 0. The summed E-state index contributed by atoms with van der Waals surface area (Å²) < 4.78 is 66.7. The van der Waals surface area contributed by atoms with Crippen molar-refractivity contribution in [1.29, 1.82) is 0 Å². The number of hydrogen-bond donors (Lipinski definition) is 4. The lowest BCUT2D eigenvalue weighted by molar-refractivity contribution is -0.286. The van der Waals surface area contributed by atoms with Crippen LogP contribution in [0.1, 0.15) is 54.4 Å². The Balaban J connectivity index is 0.614. The van der Waals surface area contributed by atoms with E-state index in [-0.39, 0.29) is 80.8 Å². The number of halogens is 2. The van der Waals surface area contributed by atoms with Crippen LogP contribution >= 0.6 is 0 Å². The van der Waals surface area contributed by atoms with Crippen LogP contribution in [0.15, 0.2) is 137 Å². The highest BCUT2D eigenvalue weighted by Crippen LogP contribution is 2.52. The van der Waals surface area contributed by atoms with E-state index in [0.29, 0.717) is 90.4 Å². The number of pyridine rings is 1. The van der Waals surface area contributed by atoms with Crippen LogP contribution in [0.4, 0.5) is 14.6 Å². The number of ether oxygens (including phenoxy) is 4. The quantitative estimate of drug-likeness (QED) is 0.0537. The summed E-state index contributed by atoms with van der Waals surface area (Å²) in [5.41, 5.74) is 4.15. The van der Waals surface area contributed by atoms with E-state index in [1.54, 1.807) is 45.8 Å². The summed E-state index contributed by atoms with van der Waals surface area (Å²) in [4.78, 5) is 59.6. The van der Waals surface area contributed by atoms with Crippen molar-refractivity contribution in [3.05, 3.63) is 160 Å². The summed E-state index contributed by atoms with van der Waals surface area (Å²) in [6.07, 6.45) is 0.511. The fourth-order valence-corrected chi connectivity index (χ4v) is 10.6. The first-order chi connectivity index (χ1) is 37.6. The Morgan fingerprint density at radius 1 is 0.808 bits per heavy atom. The number of aliphatic hydroxyl groups is 1. The molecule has 2 aliphatic heterocycles. The lowest BCUT2D eigenvalue weighted by atomic mass is 9.91. The van der Waals surface area contributed by atoms with Crippen molar-refractivity contribution >= 4 is 40.0 Å². The van der Waals surface area contributed by atoms with Crippen LogP contribution in [0.25, 0.3) is 28.0 Å². The van der Waals surface area contributed by atoms with Crippen molar-refractivity contribution in [2.75, 3.05) is 51.4 Å². The number of piperidine rings is 1. The number of rotatable bonds is 22. The first-order valence-corrected chi connectivity index (χ1v) is 26.9. The van der Waals surface area contributed by atoms with Gasteiger partial charge in [0.05, 0.1) is 53.7 Å². The van der Waals surface area contributed by atoms with Gasteiger partial charge < -0.3 is 39.6 Å². The summed E-state index contributed by atoms with van der Waals surface area (Å²) in [5.74, 6) is -0.473. The van der Waals surface area contributed by atoms with Gasteiger partial charge in [0.25, 0.3) is 5.56 Å². The minimum absolute atomic E-state index is 0.0573. The fraction of sp³-hybridized carbons (Fsp3) is 0.333. The number of benzene rings is 4. The topological polar surface area (TPSA) is 217 Å². The molecule has 406 valence electrons. The Morgan fingerprint density at radius 3 is 2.36 bits per heavy atom. The molecule has 3 amide bonds. The van der Waals surface area contributed by atoms with Crippen LogP contribution in [0.5, 0.6) is 11.5 Å². The van der Waals surface area contributed by atoms with E-state index in [0.717, 1.165) is 22.3 Å². The van der Waals surface area contributed by atoms with Gasteiger partial charge in [0, 0.05) is 43.7 Å². The van der Waals surface area contributed by atoms with E-state index in [4.69, 9.17) is 14.5 Å². The number of anilines is 1. The van der Waals surface area contributed by atoms with E-state index >= 15 is 0 Å². The number of carbonyl (C=O) groups excluding carboxylic acids is 3. The molecule has 10 rings (SSSR count). The number of hydrogen-bond acceptors (Lipinski definition) is 12. The molecule has 0 radical (unpaired) electrons. The van der Waals surface area contributed by atoms with Crippen molar-refractivity contribution in [3.63, 3.8) is 0 Å². The highest BCUT2D eigenvalue weighted by Gasteiger charge is 2.53. The average Bonchev–Trinajstić information content (AvgIpc) is 4.27. The number of aromatic nitrogens is 4. The minimum Gasteiger partial charge on any atom is -0.395 e. The Kier molecular flexibility index (Phi) is 15.9. The number of nitrogens with zero attached hydrogens (tertiary/aromatic N) is 5. The molecule has 0 bridgehead atoms. The fourth-order valence-electron chi connectivity index (χ4n) is 9.68. The van der Waals surface area contributed by atoms with Crippen LogP contribution in [0.3, 0.4) is 0 Å². The van der Waals surface area contributed by atoms with E-state index in [1.807, 2.05) is 79.7 Å². The van der Waals surface area contributed by atoms with Gasteiger partial charge in [0.2, 0.25) is 17.7 Å². The van der Waals surface area contributed by atoms with Crippen molar-refractivity contribution in [1.82, 2.24) is 34.1 Å². The summed E-state index contributed by atoms with van der Waals surface area (Å²) in [6.45, 7) is 3.77. The van der Waals surface area contributed by atoms with Gasteiger partial charge in [-0.3, -0.25) is 23.7 Å². The van der Waals surface area contributed by atoms with Crippen molar-refractivity contribution in [2.24, 2.45) is 0 Å². The van der Waals surface area contributed by atoms with E-state index < -0.39 is 28.3 Å². The maximum atomic E-state index is 13.6. The second kappa shape index (κ2) is 23.1. The van der Waals surface area contributed by atoms with Gasteiger partial charge in [0.1, 0.15) is 35.3 Å². The zero-order valence-electron chi connectivity index (χ0n) is 42.8. The number of aryl methyl sites for hydroxylation is 2. The Labute approximate surface area is 450 Å². The zero-order valence-corrected chi connectivity index (χ0v) is 43.6. The predicted molar refractivity (Wildman–Crippen MR) is 285 cm³/mol. The number of likely N-dealkylation sites (tertiary alicyclic amines) is 1. The molecular formula is C57H58F2N8O10S. The van der Waals surface area contributed by atoms with Crippen LogP contribution in [0, 0.1) is 6.92 Å². The van der Waals surface area contributed by atoms with Crippen LogP contribution < -0.4 is 30.4 Å². The minimum atomic E-state index is -3.76. The third kappa shape index (κ3) is 12.5. The maximum absolute atomic E-state index is 13.6. The van der Waals surface area contributed by atoms with Gasteiger partial charge in [-0.25, -0.2) is 18.4 Å². The smallest absolute Gasteiger partial charge is 0.395 e. The van der Waals surface area contributed by atoms with Gasteiger partial charge in [-0.2, -0.15) is 5.10 Å². The molecule has 1 saturated carbocycles. The number of carbonyl (C=O) groups is 3. The monoisotopic (exact) mass is 1080 g/mol. The summed E-state index contributed by atoms with van der Waals surface area (Å²) in [5, 5.41) is 21.7. The highest BCUT2D eigenvalue weighted by molar-refractivity contribution is 7.83. The maximum Gasteiger partial charge on any atom is 0.586 e. The van der Waals surface area contributed by atoms with Crippen LogP contribution in [-0.4, -0.2) is 109 Å². The van der Waals surface area contributed by atoms with Crippen molar-refractivity contribution in [2.45, 2.75) is 80.7 Å². The molecule has 18 nitrogen and oxygen atoms in total. The first-order valence-electron chi connectivity index (χ1n) is 25.7. The second-order valence-electron chi connectivity index (χ2n) is 19.7. The molecule has 4 aromatic carbocycles. The molecule has 78 heavy (non-hydrogen) atoms. The van der Waals surface area contributed by atoms with E-state index in [1.165, 1.54) is 23.0 Å². The molecular weight excluding hydrogens is 1030 g/mol. The zero-order chi connectivity index (χ0) is 54.4. The van der Waals surface area contributed by atoms with Gasteiger partial charge in [-0.15, -0.1) is 8.78 Å². The molecule has 5 heterocycles. The highest BCUT2D eigenvalue weighted by atomic mass is 32.2. The Bertz CT molecular complexity index is 3420. The standard InChI is InChI=1S/C57H58F2N8O10S/c1-38-10-20-49(64-54(71)56(22-23-56)43-16-19-47-48(33-43)77-57(58,59)76-47)63-52(38)42-8-5-9-44(32-42)78(73)62-26-29-74-30-31-75-35-50(68)60-34-40-11-14-41(15-12-40)45-17-18-46-53(70)66(37-61-67(45)46)36-55(72)24-27-65(28-25-55)51(69)21-13-39-6-3-2-4-7-39/h2-12,14-20,32-33,37,62,72H,13,21-31,34-36H2,1H3,(H,60,68)(H,63,64,71). The summed E-state index contributed by atoms with van der Waals surface area (Å²) in [6, 6.07) is 35.9. The normalized spacial score (nSPS) is 16.2. The lowest BCUT2D eigenvalue weighted by Crippen LogP contribution is -2.49. The molecule has 4 N–H and O–H groups in total. The van der Waals surface area contributed by atoms with E-state index in [9.17, 15) is 37.3 Å². The molecule has 21 heteroatoms. The molecule has 1 saturated heterocycles. The van der Waals surface area contributed by atoms with Gasteiger partial charge >= 0.3 is 6.29 Å². The predicted octanol–water partition coefficient (Wildman–Crippen LogP) is 6.47. The molecule has 2 fully saturated rings. The summed E-state index contributed by atoms with van der Waals surface area (Å²) in [7, 11) is -1.59. The number of alkyl halides is 2. The van der Waals surface area contributed by atoms with E-state index in [2.05, 4.69) is 29.9 Å². The van der Waals surface area contributed by atoms with Crippen molar-refractivity contribution in [3.8, 4) is 34.0 Å². The number of amides is 3. The van der Waals surface area contributed by atoms with Gasteiger partial charge in [-0.1, -0.05) is 78.9 Å². The van der Waals surface area contributed by atoms with Crippen molar-refractivity contribution < 1.29 is 51.4 Å². The van der Waals surface area contributed by atoms with Gasteiger partial charge in [-0.05, 0) is 104 Å². The Morgan fingerprint density at radius 2 is 1.58 bits per heavy atom. The number of nitrogens with one attached hydrogen (secondary N) is 3. The molecule has 1 atom stereocenters. The third-order valence-corrected chi connectivity index (χ3v) is 15.4. The molecule has 7 aromatic rings. The Hall–Kier alpha value is -7.69. The molecule has 1 unspecified atom stereocenters. The largest absolute Gasteiger partial charge is 0.586 e. The van der Waals surface area contributed by atoms with Gasteiger partial charge in [0.15, 0.2) is 11.5 Å². The number of fused-ring (bicyclic) bond motifs is 2. The van der Waals surface area contributed by atoms with Crippen LogP contribution in [0.2, 0.25) is 0 Å². The SMILES string of the molecule is Cc1ccc(NC(=O)C2(c3ccc4c(c3)OC(F)(F)O4)CC2)nc1-c1cccc(S(=O)NCCOCCOCC(=O)NCc2ccc(-c3ccc4c(=O)n(CC5(O)CCN(C(=O)CCc6ccccc6)CC5)cnn34)cc2)c1.